The summed E-state index contributed by atoms with van der Waals surface area (Å²) in [6.45, 7) is 6.84. The monoisotopic (exact) mass is 276 g/mol. The number of hydrogen-bond donors (Lipinski definition) is 0. The first kappa shape index (κ1) is 16.4. The number of pyridine rings is 1. The molecule has 0 radical (unpaired) electrons. The topological polar surface area (TPSA) is 30.2 Å². The molecule has 0 aliphatic rings. The van der Waals surface area contributed by atoms with Gasteiger partial charge in [0.05, 0.1) is 6.61 Å². The van der Waals surface area contributed by atoms with Crippen LogP contribution in [0.25, 0.3) is 0 Å². The minimum Gasteiger partial charge on any atom is -0.462 e. The van der Waals surface area contributed by atoms with E-state index in [4.69, 9.17) is 4.74 Å². The first-order valence-electron chi connectivity index (χ1n) is 7.47. The number of esters is 1. The quantitative estimate of drug-likeness (QED) is 0.284. The van der Waals surface area contributed by atoms with Crippen molar-refractivity contribution in [3.63, 3.8) is 0 Å². The maximum Gasteiger partial charge on any atom is 0.333 e. The third-order valence-electron chi connectivity index (χ3n) is 3.17. The van der Waals surface area contributed by atoms with Crippen LogP contribution in [-0.4, -0.2) is 12.6 Å². The zero-order valence-corrected chi connectivity index (χ0v) is 12.5. The van der Waals surface area contributed by atoms with Crippen LogP contribution >= 0.6 is 0 Å². The fraction of sp³-hybridized carbons (Fsp3) is 0.529. The number of aryl methyl sites for hydroxylation is 1. The summed E-state index contributed by atoms with van der Waals surface area (Å²) < 4.78 is 7.27. The van der Waals surface area contributed by atoms with E-state index in [1.807, 2.05) is 6.07 Å². The van der Waals surface area contributed by atoms with Gasteiger partial charge in [0.1, 0.15) is 6.54 Å². The number of nitrogens with zero attached hydrogens (tertiary/aromatic N) is 1. The van der Waals surface area contributed by atoms with E-state index in [9.17, 15) is 4.79 Å². The molecule has 1 rings (SSSR count). The SMILES string of the molecule is C=C(C)C(=O)OCCCCCCCC[n+]1ccccc1. The van der Waals surface area contributed by atoms with E-state index in [-0.39, 0.29) is 5.97 Å². The summed E-state index contributed by atoms with van der Waals surface area (Å²) in [6, 6.07) is 6.16. The highest BCUT2D eigenvalue weighted by atomic mass is 16.5. The van der Waals surface area contributed by atoms with Gasteiger partial charge in [-0.2, -0.15) is 0 Å². The van der Waals surface area contributed by atoms with Gasteiger partial charge < -0.3 is 4.74 Å². The smallest absolute Gasteiger partial charge is 0.333 e. The first-order chi connectivity index (χ1) is 9.70. The Morgan fingerprint density at radius 2 is 1.60 bits per heavy atom. The lowest BCUT2D eigenvalue weighted by Crippen LogP contribution is -2.32. The van der Waals surface area contributed by atoms with Gasteiger partial charge in [0, 0.05) is 24.1 Å². The number of ether oxygens (including phenoxy) is 1. The van der Waals surface area contributed by atoms with E-state index in [2.05, 4.69) is 35.7 Å². The number of unbranched alkanes of at least 4 members (excludes halogenated alkanes) is 5. The fourth-order valence-electron chi connectivity index (χ4n) is 1.98. The molecule has 0 aliphatic carbocycles. The van der Waals surface area contributed by atoms with Crippen LogP contribution in [0.1, 0.15) is 45.4 Å². The molecule has 0 bridgehead atoms. The van der Waals surface area contributed by atoms with Crippen molar-refractivity contribution in [1.82, 2.24) is 0 Å². The van der Waals surface area contributed by atoms with E-state index in [0.717, 1.165) is 19.4 Å². The van der Waals surface area contributed by atoms with Crippen LogP contribution in [0.5, 0.6) is 0 Å². The average molecular weight is 276 g/mol. The van der Waals surface area contributed by atoms with Gasteiger partial charge >= 0.3 is 5.97 Å². The van der Waals surface area contributed by atoms with Gasteiger partial charge in [0.2, 0.25) is 0 Å². The van der Waals surface area contributed by atoms with Crippen LogP contribution in [0.15, 0.2) is 42.7 Å². The standard InChI is InChI=1S/C17H26NO2/c1-16(2)17(19)20-15-11-6-4-3-5-8-12-18-13-9-7-10-14-18/h7,9-10,13-14H,1,3-6,8,11-12,15H2,2H3/q+1. The number of carbonyl (C=O) groups is 1. The fourth-order valence-corrected chi connectivity index (χ4v) is 1.98. The lowest BCUT2D eigenvalue weighted by molar-refractivity contribution is -0.697. The molecule has 0 amide bonds. The molecule has 3 heteroatoms. The number of hydrogen-bond acceptors (Lipinski definition) is 2. The van der Waals surface area contributed by atoms with E-state index >= 15 is 0 Å². The van der Waals surface area contributed by atoms with Gasteiger partial charge in [-0.25, -0.2) is 9.36 Å². The van der Waals surface area contributed by atoms with E-state index < -0.39 is 0 Å². The van der Waals surface area contributed by atoms with Crippen LogP contribution in [-0.2, 0) is 16.1 Å². The lowest BCUT2D eigenvalue weighted by Gasteiger charge is -2.04. The number of aromatic nitrogens is 1. The Bertz CT molecular complexity index is 401. The zero-order chi connectivity index (χ0) is 14.6. The Morgan fingerprint density at radius 1 is 1.00 bits per heavy atom. The molecule has 0 aromatic carbocycles. The molecule has 1 aromatic rings. The summed E-state index contributed by atoms with van der Waals surface area (Å²) in [4.78, 5) is 11.1. The lowest BCUT2D eigenvalue weighted by atomic mass is 10.1. The summed E-state index contributed by atoms with van der Waals surface area (Å²) >= 11 is 0. The highest BCUT2D eigenvalue weighted by Crippen LogP contribution is 2.06. The van der Waals surface area contributed by atoms with Gasteiger partial charge in [0.25, 0.3) is 0 Å². The van der Waals surface area contributed by atoms with Gasteiger partial charge in [0.15, 0.2) is 12.4 Å². The average Bonchev–Trinajstić information content (AvgIpc) is 2.46. The predicted octanol–water partition coefficient (Wildman–Crippen LogP) is 3.43. The summed E-state index contributed by atoms with van der Waals surface area (Å²) in [5, 5.41) is 0. The molecule has 0 N–H and O–H groups in total. The largest absolute Gasteiger partial charge is 0.462 e. The Hall–Kier alpha value is -1.64. The Labute approximate surface area is 122 Å². The molecular weight excluding hydrogens is 250 g/mol. The Kier molecular flexibility index (Phi) is 8.36. The molecule has 0 atom stereocenters. The Balaban J connectivity index is 1.88. The minimum atomic E-state index is -0.273. The third kappa shape index (κ3) is 7.72. The Morgan fingerprint density at radius 3 is 2.25 bits per heavy atom. The molecule has 20 heavy (non-hydrogen) atoms. The molecule has 0 unspecified atom stereocenters. The van der Waals surface area contributed by atoms with Crippen molar-refractivity contribution in [3.8, 4) is 0 Å². The van der Waals surface area contributed by atoms with Crippen molar-refractivity contribution in [3.05, 3.63) is 42.7 Å². The van der Waals surface area contributed by atoms with Crippen molar-refractivity contribution in [1.29, 1.82) is 0 Å². The zero-order valence-electron chi connectivity index (χ0n) is 12.5. The van der Waals surface area contributed by atoms with E-state index in [1.165, 1.54) is 25.7 Å². The van der Waals surface area contributed by atoms with Gasteiger partial charge in [-0.15, -0.1) is 0 Å². The van der Waals surface area contributed by atoms with Crippen LogP contribution in [0.4, 0.5) is 0 Å². The van der Waals surface area contributed by atoms with Gasteiger partial charge in [-0.3, -0.25) is 0 Å². The van der Waals surface area contributed by atoms with Gasteiger partial charge in [-0.1, -0.05) is 31.9 Å². The van der Waals surface area contributed by atoms with Crippen LogP contribution in [0.3, 0.4) is 0 Å². The maximum atomic E-state index is 11.1. The van der Waals surface area contributed by atoms with Crippen LogP contribution in [0.2, 0.25) is 0 Å². The highest BCUT2D eigenvalue weighted by Gasteiger charge is 2.02. The van der Waals surface area contributed by atoms with E-state index in [1.54, 1.807) is 6.92 Å². The van der Waals surface area contributed by atoms with Crippen molar-refractivity contribution in [2.75, 3.05) is 6.61 Å². The first-order valence-corrected chi connectivity index (χ1v) is 7.47. The van der Waals surface area contributed by atoms with Crippen molar-refractivity contribution < 1.29 is 14.1 Å². The summed E-state index contributed by atoms with van der Waals surface area (Å²) in [6.07, 6.45) is 11.2. The highest BCUT2D eigenvalue weighted by molar-refractivity contribution is 5.86. The van der Waals surface area contributed by atoms with Crippen molar-refractivity contribution in [2.45, 2.75) is 52.0 Å². The summed E-state index contributed by atoms with van der Waals surface area (Å²) in [7, 11) is 0. The molecule has 1 heterocycles. The van der Waals surface area contributed by atoms with Crippen LogP contribution in [0, 0.1) is 0 Å². The second-order valence-electron chi connectivity index (χ2n) is 5.15. The van der Waals surface area contributed by atoms with Crippen molar-refractivity contribution >= 4 is 5.97 Å². The number of carbonyl (C=O) groups excluding carboxylic acids is 1. The van der Waals surface area contributed by atoms with Crippen molar-refractivity contribution in [2.24, 2.45) is 0 Å². The predicted molar refractivity (Wildman–Crippen MR) is 80.1 cm³/mol. The second kappa shape index (κ2) is 10.2. The van der Waals surface area contributed by atoms with Gasteiger partial charge in [-0.05, 0) is 19.8 Å². The molecule has 0 saturated carbocycles. The van der Waals surface area contributed by atoms with Crippen LogP contribution < -0.4 is 4.57 Å². The molecular formula is C17H26NO2+. The molecule has 0 fully saturated rings. The molecule has 110 valence electrons. The molecule has 3 nitrogen and oxygen atoms in total. The number of rotatable bonds is 10. The minimum absolute atomic E-state index is 0.273. The molecule has 1 aromatic heterocycles. The molecule has 0 aliphatic heterocycles. The molecule has 0 saturated heterocycles. The normalized spacial score (nSPS) is 10.2. The maximum absolute atomic E-state index is 11.1. The second-order valence-corrected chi connectivity index (χ2v) is 5.15. The summed E-state index contributed by atoms with van der Waals surface area (Å²) in [5.74, 6) is -0.273. The third-order valence-corrected chi connectivity index (χ3v) is 3.17. The molecule has 0 spiro atoms. The van der Waals surface area contributed by atoms with E-state index in [0.29, 0.717) is 12.2 Å². The summed E-state index contributed by atoms with van der Waals surface area (Å²) in [5.41, 5.74) is 0.475.